The maximum Gasteiger partial charge on any atom is 0.244 e. The third-order valence-electron chi connectivity index (χ3n) is 3.11. The molecular formula is C13H14N4O2S. The van der Waals surface area contributed by atoms with Gasteiger partial charge in [-0.25, -0.2) is 8.42 Å². The van der Waals surface area contributed by atoms with Crippen molar-refractivity contribution in [1.29, 1.82) is 10.5 Å². The van der Waals surface area contributed by atoms with Gasteiger partial charge in [0.1, 0.15) is 11.0 Å². The minimum atomic E-state index is -3.77. The first kappa shape index (κ1) is 14.3. The Morgan fingerprint density at radius 2 is 2.05 bits per heavy atom. The predicted octanol–water partition coefficient (Wildman–Crippen LogP) is 1.21. The molecule has 1 saturated carbocycles. The van der Waals surface area contributed by atoms with Crippen LogP contribution >= 0.6 is 0 Å². The van der Waals surface area contributed by atoms with Gasteiger partial charge in [-0.2, -0.15) is 14.8 Å². The molecule has 0 saturated heterocycles. The molecule has 0 unspecified atom stereocenters. The molecule has 7 heteroatoms. The Morgan fingerprint density at radius 3 is 2.60 bits per heavy atom. The molecule has 1 aromatic rings. The summed E-state index contributed by atoms with van der Waals surface area (Å²) in [6, 6.07) is 7.92. The lowest BCUT2D eigenvalue weighted by Gasteiger charge is -2.21. The van der Waals surface area contributed by atoms with Crippen LogP contribution in [-0.4, -0.2) is 25.3 Å². The summed E-state index contributed by atoms with van der Waals surface area (Å²) in [7, 11) is -3.77. The average Bonchev–Trinajstić information content (AvgIpc) is 3.23. The zero-order valence-electron chi connectivity index (χ0n) is 10.8. The van der Waals surface area contributed by atoms with E-state index in [1.54, 1.807) is 0 Å². The number of nitrogens with two attached hydrogens (primary N) is 1. The molecule has 20 heavy (non-hydrogen) atoms. The summed E-state index contributed by atoms with van der Waals surface area (Å²) >= 11 is 0. The maximum absolute atomic E-state index is 12.6. The number of sulfonamides is 1. The van der Waals surface area contributed by atoms with Crippen LogP contribution in [-0.2, 0) is 10.0 Å². The molecule has 6 nitrogen and oxygen atoms in total. The number of nitrogen functional groups attached to an aromatic ring is 1. The molecule has 0 radical (unpaired) electrons. The summed E-state index contributed by atoms with van der Waals surface area (Å²) in [6.45, 7) is 0.152. The largest absolute Gasteiger partial charge is 0.399 e. The van der Waals surface area contributed by atoms with Crippen LogP contribution in [0.4, 0.5) is 5.69 Å². The topological polar surface area (TPSA) is 111 Å². The number of rotatable bonds is 5. The van der Waals surface area contributed by atoms with Gasteiger partial charge in [-0.05, 0) is 31.0 Å². The van der Waals surface area contributed by atoms with Crippen molar-refractivity contribution in [2.24, 2.45) is 0 Å². The maximum atomic E-state index is 12.6. The average molecular weight is 290 g/mol. The first-order valence-electron chi connectivity index (χ1n) is 6.19. The van der Waals surface area contributed by atoms with Crippen molar-refractivity contribution in [2.75, 3.05) is 12.3 Å². The van der Waals surface area contributed by atoms with Gasteiger partial charge in [0.25, 0.3) is 0 Å². The smallest absolute Gasteiger partial charge is 0.244 e. The van der Waals surface area contributed by atoms with Crippen LogP contribution < -0.4 is 5.73 Å². The van der Waals surface area contributed by atoms with Crippen molar-refractivity contribution in [3.63, 3.8) is 0 Å². The zero-order chi connectivity index (χ0) is 14.8. The highest BCUT2D eigenvalue weighted by atomic mass is 32.2. The second kappa shape index (κ2) is 5.49. The van der Waals surface area contributed by atoms with E-state index >= 15 is 0 Å². The van der Waals surface area contributed by atoms with Crippen LogP contribution in [0.3, 0.4) is 0 Å². The summed E-state index contributed by atoms with van der Waals surface area (Å²) in [5.41, 5.74) is 5.95. The van der Waals surface area contributed by atoms with E-state index in [0.29, 0.717) is 5.69 Å². The van der Waals surface area contributed by atoms with E-state index in [0.717, 1.165) is 12.8 Å². The van der Waals surface area contributed by atoms with E-state index in [1.165, 1.54) is 22.5 Å². The molecule has 0 atom stereocenters. The van der Waals surface area contributed by atoms with E-state index in [1.807, 2.05) is 12.1 Å². The number of benzene rings is 1. The number of anilines is 1. The molecule has 0 bridgehead atoms. The van der Waals surface area contributed by atoms with Gasteiger partial charge in [-0.1, -0.05) is 0 Å². The van der Waals surface area contributed by atoms with Gasteiger partial charge in [0, 0.05) is 24.7 Å². The van der Waals surface area contributed by atoms with Crippen molar-refractivity contribution < 1.29 is 8.42 Å². The molecular weight excluding hydrogens is 276 g/mol. The van der Waals surface area contributed by atoms with Crippen LogP contribution in [0.25, 0.3) is 0 Å². The molecule has 0 amide bonds. The highest BCUT2D eigenvalue weighted by molar-refractivity contribution is 7.89. The Morgan fingerprint density at radius 1 is 1.35 bits per heavy atom. The monoisotopic (exact) mass is 290 g/mol. The van der Waals surface area contributed by atoms with Crippen LogP contribution in [0, 0.1) is 22.7 Å². The lowest BCUT2D eigenvalue weighted by atomic mass is 10.2. The van der Waals surface area contributed by atoms with E-state index in [-0.39, 0.29) is 29.5 Å². The lowest BCUT2D eigenvalue weighted by Crippen LogP contribution is -2.34. The molecule has 0 aromatic heterocycles. The van der Waals surface area contributed by atoms with Crippen molar-refractivity contribution in [1.82, 2.24) is 4.31 Å². The summed E-state index contributed by atoms with van der Waals surface area (Å²) in [5.74, 6) is 0. The number of hydrogen-bond donors (Lipinski definition) is 1. The molecule has 0 spiro atoms. The minimum absolute atomic E-state index is 0.0348. The van der Waals surface area contributed by atoms with Gasteiger partial charge >= 0.3 is 0 Å². The molecule has 0 aliphatic heterocycles. The van der Waals surface area contributed by atoms with Gasteiger partial charge in [0.15, 0.2) is 0 Å². The van der Waals surface area contributed by atoms with Gasteiger partial charge in [-0.15, -0.1) is 0 Å². The summed E-state index contributed by atoms with van der Waals surface area (Å²) in [6.07, 6.45) is 1.72. The standard InChI is InChI=1S/C13H14N4O2S/c14-6-1-7-17(12-3-4-12)20(18,19)13-5-2-11(16)8-10(13)9-15/h2,5,8,12H,1,3-4,7,16H2. The fourth-order valence-corrected chi connectivity index (χ4v) is 3.82. The third kappa shape index (κ3) is 2.74. The highest BCUT2D eigenvalue weighted by Gasteiger charge is 2.38. The first-order valence-corrected chi connectivity index (χ1v) is 7.63. The Hall–Kier alpha value is -2.09. The van der Waals surface area contributed by atoms with Crippen molar-refractivity contribution in [3.8, 4) is 12.1 Å². The number of hydrogen-bond acceptors (Lipinski definition) is 5. The van der Waals surface area contributed by atoms with E-state index < -0.39 is 10.0 Å². The minimum Gasteiger partial charge on any atom is -0.399 e. The van der Waals surface area contributed by atoms with E-state index in [2.05, 4.69) is 0 Å². The van der Waals surface area contributed by atoms with Crippen molar-refractivity contribution in [2.45, 2.75) is 30.2 Å². The summed E-state index contributed by atoms with van der Waals surface area (Å²) < 4.78 is 26.6. The zero-order valence-corrected chi connectivity index (χ0v) is 11.6. The third-order valence-corrected chi connectivity index (χ3v) is 5.12. The van der Waals surface area contributed by atoms with Gasteiger partial charge < -0.3 is 5.73 Å². The number of nitriles is 2. The fourth-order valence-electron chi connectivity index (χ4n) is 2.01. The second-order valence-electron chi connectivity index (χ2n) is 4.62. The molecule has 104 valence electrons. The normalized spacial score (nSPS) is 14.8. The fraction of sp³-hybridized carbons (Fsp3) is 0.385. The van der Waals surface area contributed by atoms with Crippen LogP contribution in [0.1, 0.15) is 24.8 Å². The lowest BCUT2D eigenvalue weighted by molar-refractivity contribution is 0.410. The Labute approximate surface area is 118 Å². The van der Waals surface area contributed by atoms with E-state index in [9.17, 15) is 8.42 Å². The molecule has 2 N–H and O–H groups in total. The van der Waals surface area contributed by atoms with E-state index in [4.69, 9.17) is 16.3 Å². The van der Waals surface area contributed by atoms with Crippen LogP contribution in [0.2, 0.25) is 0 Å². The van der Waals surface area contributed by atoms with Gasteiger partial charge in [0.05, 0.1) is 11.6 Å². The SMILES string of the molecule is N#CCCN(C1CC1)S(=O)(=O)c1ccc(N)cc1C#N. The molecule has 2 rings (SSSR count). The molecule has 1 aromatic carbocycles. The highest BCUT2D eigenvalue weighted by Crippen LogP contribution is 2.33. The summed E-state index contributed by atoms with van der Waals surface area (Å²) in [5, 5.41) is 17.7. The Kier molecular flexibility index (Phi) is 3.93. The molecule has 1 aliphatic carbocycles. The molecule has 1 fully saturated rings. The Balaban J connectivity index is 2.43. The quantitative estimate of drug-likeness (QED) is 0.819. The first-order chi connectivity index (χ1) is 9.50. The van der Waals surface area contributed by atoms with Crippen molar-refractivity contribution >= 4 is 15.7 Å². The van der Waals surface area contributed by atoms with Gasteiger partial charge in [-0.3, -0.25) is 0 Å². The van der Waals surface area contributed by atoms with Gasteiger partial charge in [0.2, 0.25) is 10.0 Å². The predicted molar refractivity (Wildman–Crippen MR) is 72.7 cm³/mol. The molecule has 1 aliphatic rings. The van der Waals surface area contributed by atoms with Crippen LogP contribution in [0.15, 0.2) is 23.1 Å². The Bertz CT molecular complexity index is 696. The second-order valence-corrected chi connectivity index (χ2v) is 6.48. The molecule has 0 heterocycles. The van der Waals surface area contributed by atoms with Crippen LogP contribution in [0.5, 0.6) is 0 Å². The summed E-state index contributed by atoms with van der Waals surface area (Å²) in [4.78, 5) is -0.0426. The number of nitrogens with zero attached hydrogens (tertiary/aromatic N) is 3. The van der Waals surface area contributed by atoms with Crippen molar-refractivity contribution in [3.05, 3.63) is 23.8 Å².